The molecule has 0 spiro atoms. The largest absolute Gasteiger partial charge is 0.357 e. The maximum atomic E-state index is 4.03. The van der Waals surface area contributed by atoms with Crippen molar-refractivity contribution in [3.8, 4) is 0 Å². The van der Waals surface area contributed by atoms with E-state index in [0.717, 1.165) is 9.05 Å². The van der Waals surface area contributed by atoms with E-state index in [4.69, 9.17) is 0 Å². The molecule has 0 amide bonds. The third kappa shape index (κ3) is 2.10. The maximum absolute atomic E-state index is 4.03. The van der Waals surface area contributed by atoms with Crippen LogP contribution < -0.4 is 5.32 Å². The Morgan fingerprint density at radius 1 is 1.25 bits per heavy atom. The minimum Gasteiger partial charge on any atom is -0.357 e. The van der Waals surface area contributed by atoms with Gasteiger partial charge in [0.05, 0.1) is 0 Å². The number of halogens is 1. The molecule has 2 atom stereocenters. The zero-order valence-electron chi connectivity index (χ0n) is 8.43. The monoisotopic (exact) mass is 295 g/mol. The molecule has 1 aromatic heterocycles. The first-order valence-electron chi connectivity index (χ1n) is 5.13. The lowest BCUT2D eigenvalue weighted by Crippen LogP contribution is -2.03. The van der Waals surface area contributed by atoms with Gasteiger partial charge in [-0.15, -0.1) is 10.2 Å². The Morgan fingerprint density at radius 3 is 2.75 bits per heavy atom. The Morgan fingerprint density at radius 2 is 2.06 bits per heavy atom. The molecule has 1 aliphatic rings. The summed E-state index contributed by atoms with van der Waals surface area (Å²) in [6.07, 6.45) is 1.18. The lowest BCUT2D eigenvalue weighted by Gasteiger charge is -2.00. The Hall–Kier alpha value is -0.940. The highest BCUT2D eigenvalue weighted by Crippen LogP contribution is 2.43. The average molecular weight is 296 g/mol. The summed E-state index contributed by atoms with van der Waals surface area (Å²) >= 11 is 4.84. The standard InChI is InChI=1S/C11H10BrN3S/c12-10-14-15-11(16-10)13-9-6-8(9)7-4-2-1-3-5-7/h1-5,8-9H,6H2,(H,13,15). The van der Waals surface area contributed by atoms with Crippen molar-refractivity contribution in [1.29, 1.82) is 0 Å². The van der Waals surface area contributed by atoms with Gasteiger partial charge in [-0.25, -0.2) is 0 Å². The van der Waals surface area contributed by atoms with Crippen LogP contribution in [0.1, 0.15) is 17.9 Å². The van der Waals surface area contributed by atoms with E-state index in [1.165, 1.54) is 23.3 Å². The molecule has 82 valence electrons. The van der Waals surface area contributed by atoms with E-state index >= 15 is 0 Å². The van der Waals surface area contributed by atoms with Crippen LogP contribution in [0.25, 0.3) is 0 Å². The maximum Gasteiger partial charge on any atom is 0.206 e. The van der Waals surface area contributed by atoms with Gasteiger partial charge < -0.3 is 5.32 Å². The number of nitrogens with zero attached hydrogens (tertiary/aromatic N) is 2. The molecular formula is C11H10BrN3S. The summed E-state index contributed by atoms with van der Waals surface area (Å²) in [6, 6.07) is 11.1. The Kier molecular flexibility index (Phi) is 2.65. The van der Waals surface area contributed by atoms with Gasteiger partial charge in [0, 0.05) is 12.0 Å². The molecule has 0 bridgehead atoms. The fraction of sp³-hybridized carbons (Fsp3) is 0.273. The molecule has 1 saturated carbocycles. The lowest BCUT2D eigenvalue weighted by atomic mass is 10.1. The average Bonchev–Trinajstić information content (AvgIpc) is 2.95. The van der Waals surface area contributed by atoms with E-state index < -0.39 is 0 Å². The summed E-state index contributed by atoms with van der Waals surface area (Å²) in [5, 5.41) is 12.3. The molecule has 0 aliphatic heterocycles. The van der Waals surface area contributed by atoms with Crippen LogP contribution in [0, 0.1) is 0 Å². The second kappa shape index (κ2) is 4.14. The molecule has 3 rings (SSSR count). The van der Waals surface area contributed by atoms with E-state index in [9.17, 15) is 0 Å². The third-order valence-corrected chi connectivity index (χ3v) is 4.01. The van der Waals surface area contributed by atoms with Crippen molar-refractivity contribution >= 4 is 32.4 Å². The molecule has 1 fully saturated rings. The van der Waals surface area contributed by atoms with Gasteiger partial charge in [0.2, 0.25) is 5.13 Å². The van der Waals surface area contributed by atoms with Gasteiger partial charge in [-0.1, -0.05) is 41.7 Å². The van der Waals surface area contributed by atoms with Gasteiger partial charge in [0.15, 0.2) is 3.92 Å². The number of hydrogen-bond donors (Lipinski definition) is 1. The van der Waals surface area contributed by atoms with Gasteiger partial charge in [-0.05, 0) is 27.9 Å². The highest BCUT2D eigenvalue weighted by Gasteiger charge is 2.38. The Labute approximate surface area is 106 Å². The summed E-state index contributed by atoms with van der Waals surface area (Å²) < 4.78 is 0.826. The number of nitrogens with one attached hydrogen (secondary N) is 1. The van der Waals surface area contributed by atoms with Gasteiger partial charge in [0.1, 0.15) is 0 Å². The van der Waals surface area contributed by atoms with Crippen molar-refractivity contribution in [2.75, 3.05) is 5.32 Å². The lowest BCUT2D eigenvalue weighted by molar-refractivity contribution is 1.01. The topological polar surface area (TPSA) is 37.8 Å². The van der Waals surface area contributed by atoms with Crippen molar-refractivity contribution in [1.82, 2.24) is 10.2 Å². The van der Waals surface area contributed by atoms with E-state index in [-0.39, 0.29) is 0 Å². The molecule has 0 saturated heterocycles. The summed E-state index contributed by atoms with van der Waals surface area (Å²) in [5.41, 5.74) is 1.41. The summed E-state index contributed by atoms with van der Waals surface area (Å²) in [6.45, 7) is 0. The highest BCUT2D eigenvalue weighted by molar-refractivity contribution is 9.11. The van der Waals surface area contributed by atoms with E-state index in [1.807, 2.05) is 0 Å². The van der Waals surface area contributed by atoms with Crippen molar-refractivity contribution in [3.63, 3.8) is 0 Å². The molecule has 3 nitrogen and oxygen atoms in total. The second-order valence-electron chi connectivity index (χ2n) is 3.86. The molecule has 2 unspecified atom stereocenters. The van der Waals surface area contributed by atoms with Crippen LogP contribution in [0.15, 0.2) is 34.2 Å². The number of anilines is 1. The van der Waals surface area contributed by atoms with Crippen molar-refractivity contribution in [3.05, 3.63) is 39.8 Å². The van der Waals surface area contributed by atoms with Crippen LogP contribution in [0.4, 0.5) is 5.13 Å². The smallest absolute Gasteiger partial charge is 0.206 e. The van der Waals surface area contributed by atoms with E-state index in [0.29, 0.717) is 12.0 Å². The summed E-state index contributed by atoms with van der Waals surface area (Å²) in [7, 11) is 0. The molecule has 5 heteroatoms. The SMILES string of the molecule is Brc1nnc(NC2CC2c2ccccc2)s1. The second-order valence-corrected chi connectivity index (χ2v) is 6.12. The van der Waals surface area contributed by atoms with Gasteiger partial charge in [0.25, 0.3) is 0 Å². The first-order valence-corrected chi connectivity index (χ1v) is 6.74. The first-order chi connectivity index (χ1) is 7.83. The van der Waals surface area contributed by atoms with Crippen molar-refractivity contribution in [2.24, 2.45) is 0 Å². The number of benzene rings is 1. The number of hydrogen-bond acceptors (Lipinski definition) is 4. The van der Waals surface area contributed by atoms with Crippen molar-refractivity contribution in [2.45, 2.75) is 18.4 Å². The van der Waals surface area contributed by atoms with Crippen LogP contribution in [0.5, 0.6) is 0 Å². The zero-order chi connectivity index (χ0) is 11.0. The molecule has 2 aromatic rings. The summed E-state index contributed by atoms with van der Waals surface area (Å²) in [5.74, 6) is 0.629. The fourth-order valence-electron chi connectivity index (χ4n) is 1.85. The van der Waals surface area contributed by atoms with Gasteiger partial charge in [-0.2, -0.15) is 0 Å². The first kappa shape index (κ1) is 10.2. The van der Waals surface area contributed by atoms with E-state index in [2.05, 4.69) is 61.8 Å². The summed E-state index contributed by atoms with van der Waals surface area (Å²) in [4.78, 5) is 0. The normalized spacial score (nSPS) is 23.1. The van der Waals surface area contributed by atoms with Crippen LogP contribution in [-0.4, -0.2) is 16.2 Å². The van der Waals surface area contributed by atoms with Crippen molar-refractivity contribution < 1.29 is 0 Å². The van der Waals surface area contributed by atoms with Crippen LogP contribution in [0.2, 0.25) is 0 Å². The molecule has 16 heavy (non-hydrogen) atoms. The predicted octanol–water partition coefficient (Wildman–Crippen LogP) is 3.27. The van der Waals surface area contributed by atoms with Crippen LogP contribution in [0.3, 0.4) is 0 Å². The fourth-order valence-corrected chi connectivity index (χ4v) is 2.92. The third-order valence-electron chi connectivity index (χ3n) is 2.73. The zero-order valence-corrected chi connectivity index (χ0v) is 10.8. The number of rotatable bonds is 3. The molecule has 1 aromatic carbocycles. The molecule has 1 N–H and O–H groups in total. The molecular weight excluding hydrogens is 286 g/mol. The van der Waals surface area contributed by atoms with Gasteiger partial charge >= 0.3 is 0 Å². The van der Waals surface area contributed by atoms with Crippen LogP contribution >= 0.6 is 27.3 Å². The minimum absolute atomic E-state index is 0.516. The van der Waals surface area contributed by atoms with Gasteiger partial charge in [-0.3, -0.25) is 0 Å². The Balaban J connectivity index is 1.65. The quantitative estimate of drug-likeness (QED) is 0.944. The van der Waals surface area contributed by atoms with E-state index in [1.54, 1.807) is 0 Å². The molecule has 1 aliphatic carbocycles. The van der Waals surface area contributed by atoms with Crippen LogP contribution in [-0.2, 0) is 0 Å². The minimum atomic E-state index is 0.516. The Bertz CT molecular complexity index is 485. The number of aromatic nitrogens is 2. The molecule has 1 heterocycles. The highest BCUT2D eigenvalue weighted by atomic mass is 79.9. The predicted molar refractivity (Wildman–Crippen MR) is 68.8 cm³/mol. The molecule has 0 radical (unpaired) electrons.